The SMILES string of the molecule is CN1C(=O)N(c2ccc(NC(=O)c3ccccn3)cc2Cl)C(=O)C12CC1CCC2C1. The summed E-state index contributed by atoms with van der Waals surface area (Å²) in [5.74, 6) is 0.168. The quantitative estimate of drug-likeness (QED) is 0.756. The Hall–Kier alpha value is -2.93. The van der Waals surface area contributed by atoms with Crippen LogP contribution >= 0.6 is 11.6 Å². The number of amides is 4. The molecule has 2 bridgehead atoms. The Kier molecular flexibility index (Phi) is 4.32. The Morgan fingerprint density at radius 1 is 1.23 bits per heavy atom. The first-order valence-corrected chi connectivity index (χ1v) is 10.4. The molecular formula is C22H21ClN4O3. The van der Waals surface area contributed by atoms with Crippen LogP contribution in [0.25, 0.3) is 0 Å². The zero-order chi connectivity index (χ0) is 21.0. The summed E-state index contributed by atoms with van der Waals surface area (Å²) >= 11 is 6.46. The van der Waals surface area contributed by atoms with E-state index >= 15 is 0 Å². The molecule has 1 aromatic heterocycles. The van der Waals surface area contributed by atoms with Gasteiger partial charge in [-0.2, -0.15) is 0 Å². The van der Waals surface area contributed by atoms with E-state index in [1.165, 1.54) is 11.1 Å². The summed E-state index contributed by atoms with van der Waals surface area (Å²) in [6.07, 6.45) is 5.38. The van der Waals surface area contributed by atoms with Gasteiger partial charge in [-0.3, -0.25) is 14.6 Å². The van der Waals surface area contributed by atoms with Crippen LogP contribution in [0.3, 0.4) is 0 Å². The van der Waals surface area contributed by atoms with E-state index < -0.39 is 5.54 Å². The summed E-state index contributed by atoms with van der Waals surface area (Å²) in [5.41, 5.74) is 0.341. The van der Waals surface area contributed by atoms with Crippen molar-refractivity contribution in [3.05, 3.63) is 53.3 Å². The van der Waals surface area contributed by atoms with Gasteiger partial charge in [0.1, 0.15) is 11.2 Å². The van der Waals surface area contributed by atoms with E-state index in [-0.39, 0.29) is 34.5 Å². The van der Waals surface area contributed by atoms with E-state index in [1.807, 2.05) is 0 Å². The zero-order valence-electron chi connectivity index (χ0n) is 16.5. The van der Waals surface area contributed by atoms with Gasteiger partial charge in [0.15, 0.2) is 0 Å². The molecule has 3 aliphatic rings. The van der Waals surface area contributed by atoms with E-state index in [9.17, 15) is 14.4 Å². The lowest BCUT2D eigenvalue weighted by molar-refractivity contribution is -0.127. The molecule has 3 fully saturated rings. The highest BCUT2D eigenvalue weighted by Gasteiger charge is 2.65. The highest BCUT2D eigenvalue weighted by atomic mass is 35.5. The summed E-state index contributed by atoms with van der Waals surface area (Å²) in [5, 5.41) is 2.96. The Balaban J connectivity index is 1.42. The monoisotopic (exact) mass is 424 g/mol. The first-order chi connectivity index (χ1) is 14.4. The molecule has 1 aliphatic heterocycles. The predicted octanol–water partition coefficient (Wildman–Crippen LogP) is 3.94. The smallest absolute Gasteiger partial charge is 0.321 e. The number of anilines is 2. The van der Waals surface area contributed by atoms with Crippen molar-refractivity contribution >= 4 is 40.8 Å². The summed E-state index contributed by atoms with van der Waals surface area (Å²) in [4.78, 5) is 45.7. The van der Waals surface area contributed by atoms with Gasteiger partial charge in [-0.15, -0.1) is 0 Å². The van der Waals surface area contributed by atoms with Crippen LogP contribution in [-0.4, -0.2) is 40.3 Å². The molecule has 1 saturated heterocycles. The van der Waals surface area contributed by atoms with Gasteiger partial charge in [-0.25, -0.2) is 9.69 Å². The maximum Gasteiger partial charge on any atom is 0.332 e. The number of benzene rings is 1. The van der Waals surface area contributed by atoms with Crippen LogP contribution in [0.4, 0.5) is 16.2 Å². The lowest BCUT2D eigenvalue weighted by atomic mass is 9.80. The number of halogens is 1. The van der Waals surface area contributed by atoms with Crippen LogP contribution in [0.5, 0.6) is 0 Å². The minimum atomic E-state index is -0.741. The second-order valence-electron chi connectivity index (χ2n) is 8.32. The number of fused-ring (bicyclic) bond motifs is 3. The molecular weight excluding hydrogens is 404 g/mol. The molecule has 30 heavy (non-hydrogen) atoms. The van der Waals surface area contributed by atoms with Gasteiger partial charge in [0.05, 0.1) is 10.7 Å². The van der Waals surface area contributed by atoms with Gasteiger partial charge in [0.2, 0.25) is 0 Å². The molecule has 0 radical (unpaired) electrons. The van der Waals surface area contributed by atoms with E-state index in [0.717, 1.165) is 25.7 Å². The maximum atomic E-state index is 13.5. The lowest BCUT2D eigenvalue weighted by Crippen LogP contribution is -2.52. The number of hydrogen-bond acceptors (Lipinski definition) is 4. The van der Waals surface area contributed by atoms with E-state index in [4.69, 9.17) is 11.6 Å². The van der Waals surface area contributed by atoms with E-state index in [0.29, 0.717) is 17.3 Å². The molecule has 2 aromatic rings. The van der Waals surface area contributed by atoms with Gasteiger partial charge >= 0.3 is 6.03 Å². The average Bonchev–Trinajstić information content (AvgIpc) is 3.41. The molecule has 1 spiro atoms. The molecule has 8 heteroatoms. The van der Waals surface area contributed by atoms with Crippen molar-refractivity contribution in [1.82, 2.24) is 9.88 Å². The van der Waals surface area contributed by atoms with Crippen molar-refractivity contribution in [2.75, 3.05) is 17.3 Å². The first kappa shape index (κ1) is 19.1. The Morgan fingerprint density at radius 2 is 2.07 bits per heavy atom. The molecule has 154 valence electrons. The lowest BCUT2D eigenvalue weighted by Gasteiger charge is -2.36. The van der Waals surface area contributed by atoms with Gasteiger partial charge in [0, 0.05) is 18.9 Å². The van der Waals surface area contributed by atoms with E-state index in [2.05, 4.69) is 10.3 Å². The molecule has 7 nitrogen and oxygen atoms in total. The van der Waals surface area contributed by atoms with Gasteiger partial charge in [0.25, 0.3) is 11.8 Å². The number of urea groups is 1. The molecule has 4 amide bonds. The summed E-state index contributed by atoms with van der Waals surface area (Å²) in [6.45, 7) is 0. The number of rotatable bonds is 3. The molecule has 2 aliphatic carbocycles. The van der Waals surface area contributed by atoms with Gasteiger partial charge in [-0.1, -0.05) is 17.7 Å². The first-order valence-electron chi connectivity index (χ1n) is 10.1. The van der Waals surface area contributed by atoms with Crippen molar-refractivity contribution in [1.29, 1.82) is 0 Å². The number of nitrogens with zero attached hydrogens (tertiary/aromatic N) is 3. The predicted molar refractivity (Wildman–Crippen MR) is 112 cm³/mol. The number of imide groups is 1. The van der Waals surface area contributed by atoms with Gasteiger partial charge in [-0.05, 0) is 67.9 Å². The van der Waals surface area contributed by atoms with Crippen molar-refractivity contribution in [3.63, 3.8) is 0 Å². The summed E-state index contributed by atoms with van der Waals surface area (Å²) in [7, 11) is 1.72. The van der Waals surface area contributed by atoms with Crippen LogP contribution in [-0.2, 0) is 4.79 Å². The average molecular weight is 425 g/mol. The third-order valence-electron chi connectivity index (χ3n) is 6.81. The van der Waals surface area contributed by atoms with Crippen LogP contribution in [0.2, 0.25) is 5.02 Å². The van der Waals surface area contributed by atoms with Crippen LogP contribution in [0.1, 0.15) is 36.2 Å². The van der Waals surface area contributed by atoms with Gasteiger partial charge < -0.3 is 10.2 Å². The molecule has 2 heterocycles. The number of carbonyl (C=O) groups is 3. The third kappa shape index (κ3) is 2.65. The number of carbonyl (C=O) groups excluding carboxylic acids is 3. The fourth-order valence-corrected chi connectivity index (χ4v) is 5.65. The number of likely N-dealkylation sites (N-methyl/N-ethyl adjacent to an activating group) is 1. The van der Waals surface area contributed by atoms with Crippen LogP contribution < -0.4 is 10.2 Å². The molecule has 1 N–H and O–H groups in total. The molecule has 3 atom stereocenters. The fraction of sp³-hybridized carbons (Fsp3) is 0.364. The minimum absolute atomic E-state index is 0.186. The topological polar surface area (TPSA) is 82.6 Å². The van der Waals surface area contributed by atoms with Crippen LogP contribution in [0.15, 0.2) is 42.6 Å². The normalized spacial score (nSPS) is 27.4. The summed E-state index contributed by atoms with van der Waals surface area (Å²) in [6, 6.07) is 9.50. The maximum absolute atomic E-state index is 13.5. The number of nitrogens with one attached hydrogen (secondary N) is 1. The number of aromatic nitrogens is 1. The highest BCUT2D eigenvalue weighted by molar-refractivity contribution is 6.36. The summed E-state index contributed by atoms with van der Waals surface area (Å²) < 4.78 is 0. The second kappa shape index (κ2) is 6.80. The highest BCUT2D eigenvalue weighted by Crippen LogP contribution is 2.56. The number of pyridine rings is 1. The van der Waals surface area contributed by atoms with E-state index in [1.54, 1.807) is 48.3 Å². The molecule has 1 aromatic carbocycles. The minimum Gasteiger partial charge on any atom is -0.321 e. The Bertz CT molecular complexity index is 1060. The fourth-order valence-electron chi connectivity index (χ4n) is 5.39. The molecule has 5 rings (SSSR count). The standard InChI is InChI=1S/C22H21ClN4O3/c1-26-21(30)27(20(29)22(26)12-13-5-6-14(22)10-13)18-8-7-15(11-16(18)23)25-19(28)17-4-2-3-9-24-17/h2-4,7-9,11,13-14H,5-6,10,12H2,1H3,(H,25,28). The molecule has 2 saturated carbocycles. The van der Waals surface area contributed by atoms with Crippen molar-refractivity contribution < 1.29 is 14.4 Å². The van der Waals surface area contributed by atoms with Crippen molar-refractivity contribution in [3.8, 4) is 0 Å². The largest absolute Gasteiger partial charge is 0.332 e. The molecule has 3 unspecified atom stereocenters. The van der Waals surface area contributed by atoms with Crippen molar-refractivity contribution in [2.24, 2.45) is 11.8 Å². The third-order valence-corrected chi connectivity index (χ3v) is 7.11. The van der Waals surface area contributed by atoms with Crippen molar-refractivity contribution in [2.45, 2.75) is 31.2 Å². The zero-order valence-corrected chi connectivity index (χ0v) is 17.2. The Morgan fingerprint density at radius 3 is 2.70 bits per heavy atom. The van der Waals surface area contributed by atoms with Crippen LogP contribution in [0, 0.1) is 11.8 Å². The second-order valence-corrected chi connectivity index (χ2v) is 8.73. The number of hydrogen-bond donors (Lipinski definition) is 1. The Labute approximate surface area is 179 Å².